The maximum atomic E-state index is 6.01. The van der Waals surface area contributed by atoms with Crippen molar-refractivity contribution in [1.82, 2.24) is 0 Å². The summed E-state index contributed by atoms with van der Waals surface area (Å²) in [4.78, 5) is 2.33. The first-order valence-electron chi connectivity index (χ1n) is 18.0. The van der Waals surface area contributed by atoms with Crippen LogP contribution in [0.2, 0.25) is 0 Å². The second-order valence-electron chi connectivity index (χ2n) is 14.0. The Bertz CT molecular complexity index is 810. The van der Waals surface area contributed by atoms with Crippen LogP contribution in [0.5, 0.6) is 0 Å². The van der Waals surface area contributed by atoms with Crippen molar-refractivity contribution in [3.05, 3.63) is 29.8 Å². The fourth-order valence-corrected chi connectivity index (χ4v) is 4.98. The van der Waals surface area contributed by atoms with E-state index in [9.17, 15) is 0 Å². The van der Waals surface area contributed by atoms with E-state index in [2.05, 4.69) is 92.0 Å². The van der Waals surface area contributed by atoms with Gasteiger partial charge in [-0.25, -0.2) is 0 Å². The van der Waals surface area contributed by atoms with Gasteiger partial charge in [0.05, 0.1) is 120 Å². The molecule has 9 nitrogen and oxygen atoms in total. The molecular formula is C37H73N3O6+2. The van der Waals surface area contributed by atoms with Gasteiger partial charge in [0.15, 0.2) is 0 Å². The molecule has 0 saturated carbocycles. The molecule has 2 atom stereocenters. The summed E-state index contributed by atoms with van der Waals surface area (Å²) < 4.78 is 37.5. The Labute approximate surface area is 283 Å². The van der Waals surface area contributed by atoms with Crippen LogP contribution in [-0.2, 0) is 28.4 Å². The minimum Gasteiger partial charge on any atom is -0.377 e. The summed E-state index contributed by atoms with van der Waals surface area (Å²) in [7, 11) is 9.09. The second kappa shape index (κ2) is 25.7. The smallest absolute Gasteiger partial charge is 0.102 e. The standard InChI is InChI=1S/C37H73N3O6/c1-10-12-19-39(6,7)21-25-41-27-29-45-35(4)32-43-23-17-38(37-16-14-15-34(3)31-37)18-24-44-33-36(5)46-30-28-42-26-22-40(8,9)20-13-11-2/h14-16,31,35-36H,10-13,17-30,32-33H2,1-9H3/q+2. The Morgan fingerprint density at radius 1 is 0.609 bits per heavy atom. The van der Waals surface area contributed by atoms with Crippen LogP contribution >= 0.6 is 0 Å². The molecule has 1 aromatic carbocycles. The van der Waals surface area contributed by atoms with E-state index in [1.807, 2.05) is 0 Å². The number of ether oxygens (including phenoxy) is 6. The number of hydrogen-bond acceptors (Lipinski definition) is 7. The number of unbranched alkanes of at least 4 members (excludes halogenated alkanes) is 2. The molecule has 2 unspecified atom stereocenters. The van der Waals surface area contributed by atoms with Crippen LogP contribution in [0.15, 0.2) is 24.3 Å². The third-order valence-corrected chi connectivity index (χ3v) is 8.26. The summed E-state index contributed by atoms with van der Waals surface area (Å²) in [5.41, 5.74) is 2.42. The van der Waals surface area contributed by atoms with Gasteiger partial charge >= 0.3 is 0 Å². The van der Waals surface area contributed by atoms with Gasteiger partial charge in [-0.3, -0.25) is 0 Å². The van der Waals surface area contributed by atoms with Crippen molar-refractivity contribution >= 4 is 5.69 Å². The van der Waals surface area contributed by atoms with Crippen LogP contribution in [0.4, 0.5) is 5.69 Å². The van der Waals surface area contributed by atoms with Crippen molar-refractivity contribution in [2.75, 3.05) is 138 Å². The summed E-state index contributed by atoms with van der Waals surface area (Å²) in [6.45, 7) is 23.0. The van der Waals surface area contributed by atoms with Gasteiger partial charge in [-0.2, -0.15) is 0 Å². The summed E-state index contributed by atoms with van der Waals surface area (Å²) in [6, 6.07) is 8.59. The van der Waals surface area contributed by atoms with Gasteiger partial charge in [-0.05, 0) is 51.3 Å². The van der Waals surface area contributed by atoms with Crippen molar-refractivity contribution in [2.45, 2.75) is 72.5 Å². The number of quaternary nitrogens is 2. The van der Waals surface area contributed by atoms with E-state index in [0.29, 0.717) is 52.9 Å². The lowest BCUT2D eigenvalue weighted by molar-refractivity contribution is -0.890. The van der Waals surface area contributed by atoms with Crippen molar-refractivity contribution in [3.63, 3.8) is 0 Å². The molecule has 0 bridgehead atoms. The molecule has 0 aromatic heterocycles. The predicted octanol–water partition coefficient (Wildman–Crippen LogP) is 5.43. The molecule has 9 heteroatoms. The molecule has 0 saturated heterocycles. The molecule has 0 fully saturated rings. The number of aryl methyl sites for hydroxylation is 1. The normalized spacial score (nSPS) is 13.7. The van der Waals surface area contributed by atoms with Gasteiger partial charge in [0.25, 0.3) is 0 Å². The minimum atomic E-state index is 0.0276. The first-order chi connectivity index (χ1) is 22.0. The molecule has 0 aliphatic carbocycles. The highest BCUT2D eigenvalue weighted by Gasteiger charge is 2.15. The van der Waals surface area contributed by atoms with E-state index >= 15 is 0 Å². The molecule has 0 radical (unpaired) electrons. The molecule has 46 heavy (non-hydrogen) atoms. The van der Waals surface area contributed by atoms with Crippen LogP contribution < -0.4 is 4.90 Å². The third kappa shape index (κ3) is 23.1. The minimum absolute atomic E-state index is 0.0276. The Morgan fingerprint density at radius 2 is 1.09 bits per heavy atom. The molecule has 0 amide bonds. The summed E-state index contributed by atoms with van der Waals surface area (Å²) in [5, 5.41) is 0. The third-order valence-electron chi connectivity index (χ3n) is 8.26. The van der Waals surface area contributed by atoms with Gasteiger partial charge in [-0.15, -0.1) is 0 Å². The summed E-state index contributed by atoms with van der Waals surface area (Å²) in [6.07, 6.45) is 5.04. The molecule has 0 aliphatic heterocycles. The monoisotopic (exact) mass is 656 g/mol. The zero-order valence-corrected chi connectivity index (χ0v) is 31.4. The molecule has 0 N–H and O–H groups in total. The van der Waals surface area contributed by atoms with E-state index < -0.39 is 0 Å². The van der Waals surface area contributed by atoms with Crippen LogP contribution in [-0.4, -0.2) is 155 Å². The van der Waals surface area contributed by atoms with E-state index in [0.717, 1.165) is 48.4 Å². The van der Waals surface area contributed by atoms with E-state index in [1.165, 1.54) is 50.0 Å². The van der Waals surface area contributed by atoms with Gasteiger partial charge in [0.1, 0.15) is 13.1 Å². The highest BCUT2D eigenvalue weighted by molar-refractivity contribution is 5.48. The molecule has 0 heterocycles. The lowest BCUT2D eigenvalue weighted by Crippen LogP contribution is -2.43. The number of likely N-dealkylation sites (N-methyl/N-ethyl adjacent to an activating group) is 2. The molecule has 0 aliphatic rings. The second-order valence-corrected chi connectivity index (χ2v) is 14.0. The van der Waals surface area contributed by atoms with Crippen LogP contribution in [0.1, 0.15) is 58.9 Å². The Kier molecular flexibility index (Phi) is 23.9. The highest BCUT2D eigenvalue weighted by Crippen LogP contribution is 2.16. The van der Waals surface area contributed by atoms with Gasteiger partial charge in [0.2, 0.25) is 0 Å². The van der Waals surface area contributed by atoms with Crippen LogP contribution in [0, 0.1) is 6.92 Å². The fourth-order valence-electron chi connectivity index (χ4n) is 4.98. The Hall–Kier alpha value is -1.30. The zero-order chi connectivity index (χ0) is 34.1. The van der Waals surface area contributed by atoms with Crippen LogP contribution in [0.25, 0.3) is 0 Å². The lowest BCUT2D eigenvalue weighted by atomic mass is 10.2. The molecule has 270 valence electrons. The quantitative estimate of drug-likeness (QED) is 0.0781. The van der Waals surface area contributed by atoms with E-state index in [1.54, 1.807) is 0 Å². The summed E-state index contributed by atoms with van der Waals surface area (Å²) >= 11 is 0. The van der Waals surface area contributed by atoms with E-state index in [-0.39, 0.29) is 12.2 Å². The number of anilines is 1. The maximum Gasteiger partial charge on any atom is 0.102 e. The lowest BCUT2D eigenvalue weighted by Gasteiger charge is -2.29. The average Bonchev–Trinajstić information content (AvgIpc) is 3.01. The highest BCUT2D eigenvalue weighted by atomic mass is 16.6. The van der Waals surface area contributed by atoms with Crippen molar-refractivity contribution < 1.29 is 37.4 Å². The summed E-state index contributed by atoms with van der Waals surface area (Å²) in [5.74, 6) is 0. The fraction of sp³-hybridized carbons (Fsp3) is 0.838. The molecule has 1 aromatic rings. The predicted molar refractivity (Wildman–Crippen MR) is 191 cm³/mol. The SMILES string of the molecule is CCCC[N+](C)(C)CCOCCOC(C)COCCN(CCOCC(C)OCCOCC[N+](C)(C)CCCC)c1cccc(C)c1. The Balaban J connectivity index is 2.24. The first-order valence-corrected chi connectivity index (χ1v) is 18.0. The van der Waals surface area contributed by atoms with Crippen molar-refractivity contribution in [1.29, 1.82) is 0 Å². The number of nitrogens with zero attached hydrogens (tertiary/aromatic N) is 3. The van der Waals surface area contributed by atoms with E-state index in [4.69, 9.17) is 28.4 Å². The van der Waals surface area contributed by atoms with Crippen LogP contribution in [0.3, 0.4) is 0 Å². The van der Waals surface area contributed by atoms with Crippen molar-refractivity contribution in [2.24, 2.45) is 0 Å². The largest absolute Gasteiger partial charge is 0.377 e. The number of rotatable bonds is 31. The van der Waals surface area contributed by atoms with Gasteiger partial charge in [-0.1, -0.05) is 38.8 Å². The Morgan fingerprint density at radius 3 is 1.52 bits per heavy atom. The number of benzene rings is 1. The molecule has 0 spiro atoms. The average molecular weight is 656 g/mol. The maximum absolute atomic E-state index is 6.01. The number of hydrogen-bond donors (Lipinski definition) is 0. The topological polar surface area (TPSA) is 58.6 Å². The first kappa shape index (κ1) is 42.7. The molecular weight excluding hydrogens is 582 g/mol. The van der Waals surface area contributed by atoms with Crippen molar-refractivity contribution in [3.8, 4) is 0 Å². The van der Waals surface area contributed by atoms with Gasteiger partial charge in [0, 0.05) is 18.8 Å². The molecule has 1 rings (SSSR count). The van der Waals surface area contributed by atoms with Gasteiger partial charge < -0.3 is 42.3 Å². The zero-order valence-electron chi connectivity index (χ0n) is 31.4.